The summed E-state index contributed by atoms with van der Waals surface area (Å²) in [6.45, 7) is 3.18. The normalized spacial score (nSPS) is 15.8. The van der Waals surface area contributed by atoms with Gasteiger partial charge in [-0.3, -0.25) is 19.8 Å². The average molecular weight is 350 g/mol. The molecular formula is C17H26N4O4. The van der Waals surface area contributed by atoms with E-state index in [1.54, 1.807) is 0 Å². The maximum absolute atomic E-state index is 12.3. The van der Waals surface area contributed by atoms with Crippen molar-refractivity contribution in [2.75, 3.05) is 45.7 Å². The highest BCUT2D eigenvalue weighted by molar-refractivity contribution is 5.93. The summed E-state index contributed by atoms with van der Waals surface area (Å²) in [5, 5.41) is 16.8. The van der Waals surface area contributed by atoms with Crippen molar-refractivity contribution in [2.45, 2.75) is 19.3 Å². The van der Waals surface area contributed by atoms with E-state index >= 15 is 0 Å². The van der Waals surface area contributed by atoms with Crippen LogP contribution >= 0.6 is 0 Å². The van der Waals surface area contributed by atoms with Crippen LogP contribution in [0.4, 0.5) is 11.4 Å². The van der Waals surface area contributed by atoms with Gasteiger partial charge in [0.25, 0.3) is 5.69 Å². The second-order valence-electron chi connectivity index (χ2n) is 6.30. The standard InChI is InChI=1S/C17H26N4O4/c1-18-8-5-13-6-9-20(10-7-13)12-17(22)19-15-4-3-14(21(23)24)11-16(15)25-2/h3-4,11,13,18H,5-10,12H2,1-2H3,(H,19,22). The molecule has 0 bridgehead atoms. The minimum Gasteiger partial charge on any atom is -0.494 e. The summed E-state index contributed by atoms with van der Waals surface area (Å²) in [7, 11) is 3.39. The number of anilines is 1. The number of carbonyl (C=O) groups excluding carboxylic acids is 1. The molecule has 1 aliphatic heterocycles. The predicted molar refractivity (Wildman–Crippen MR) is 96.0 cm³/mol. The molecule has 1 aromatic carbocycles. The van der Waals surface area contributed by atoms with Crippen LogP contribution in [0, 0.1) is 16.0 Å². The Morgan fingerprint density at radius 2 is 2.12 bits per heavy atom. The van der Waals surface area contributed by atoms with Gasteiger partial charge < -0.3 is 15.4 Å². The molecule has 0 aromatic heterocycles. The van der Waals surface area contributed by atoms with Gasteiger partial charge in [-0.1, -0.05) is 0 Å². The molecule has 25 heavy (non-hydrogen) atoms. The third-order valence-corrected chi connectivity index (χ3v) is 4.55. The number of piperidine rings is 1. The summed E-state index contributed by atoms with van der Waals surface area (Å²) < 4.78 is 5.14. The van der Waals surface area contributed by atoms with E-state index in [0.29, 0.717) is 12.2 Å². The van der Waals surface area contributed by atoms with Crippen LogP contribution in [-0.4, -0.2) is 56.1 Å². The third kappa shape index (κ3) is 5.68. The number of rotatable bonds is 8. The number of benzene rings is 1. The molecule has 138 valence electrons. The predicted octanol–water partition coefficient (Wildman–Crippen LogP) is 1.86. The summed E-state index contributed by atoms with van der Waals surface area (Å²) in [6, 6.07) is 4.16. The number of nitrogens with one attached hydrogen (secondary N) is 2. The molecule has 0 radical (unpaired) electrons. The number of nitrogens with zero attached hydrogens (tertiary/aromatic N) is 2. The molecule has 1 aromatic rings. The van der Waals surface area contributed by atoms with Crippen LogP contribution in [0.15, 0.2) is 18.2 Å². The summed E-state index contributed by atoms with van der Waals surface area (Å²) in [4.78, 5) is 24.7. The first-order valence-electron chi connectivity index (χ1n) is 8.52. The van der Waals surface area contributed by atoms with Gasteiger partial charge in [-0.25, -0.2) is 0 Å². The first kappa shape index (κ1) is 19.1. The van der Waals surface area contributed by atoms with E-state index in [1.807, 2.05) is 7.05 Å². The molecule has 2 rings (SSSR count). The summed E-state index contributed by atoms with van der Waals surface area (Å²) >= 11 is 0. The zero-order chi connectivity index (χ0) is 18.2. The van der Waals surface area contributed by atoms with Gasteiger partial charge in [0.15, 0.2) is 0 Å². The average Bonchev–Trinajstić information content (AvgIpc) is 2.61. The highest BCUT2D eigenvalue weighted by atomic mass is 16.6. The number of non-ortho nitro benzene ring substituents is 1. The van der Waals surface area contributed by atoms with Gasteiger partial charge in [-0.05, 0) is 57.9 Å². The number of amides is 1. The first-order valence-corrected chi connectivity index (χ1v) is 8.52. The van der Waals surface area contributed by atoms with Crippen molar-refractivity contribution in [2.24, 2.45) is 5.92 Å². The van der Waals surface area contributed by atoms with E-state index in [9.17, 15) is 14.9 Å². The number of hydrogen-bond donors (Lipinski definition) is 2. The molecule has 0 aliphatic carbocycles. The lowest BCUT2D eigenvalue weighted by atomic mass is 9.93. The lowest BCUT2D eigenvalue weighted by Crippen LogP contribution is -2.39. The van der Waals surface area contributed by atoms with Crippen LogP contribution in [0.3, 0.4) is 0 Å². The van der Waals surface area contributed by atoms with Gasteiger partial charge in [-0.2, -0.15) is 0 Å². The van der Waals surface area contributed by atoms with Crippen LogP contribution in [-0.2, 0) is 4.79 Å². The SMILES string of the molecule is CNCCC1CCN(CC(=O)Nc2ccc([N+](=O)[O-])cc2OC)CC1. The van der Waals surface area contributed by atoms with Gasteiger partial charge in [0, 0.05) is 6.07 Å². The second kappa shape index (κ2) is 9.33. The highest BCUT2D eigenvalue weighted by Gasteiger charge is 2.21. The fraction of sp³-hybridized carbons (Fsp3) is 0.588. The number of hydrogen-bond acceptors (Lipinski definition) is 6. The Kier molecular flexibility index (Phi) is 7.15. The molecule has 1 amide bonds. The van der Waals surface area contributed by atoms with E-state index in [1.165, 1.54) is 31.7 Å². The Morgan fingerprint density at radius 1 is 1.40 bits per heavy atom. The van der Waals surface area contributed by atoms with Crippen molar-refractivity contribution in [3.05, 3.63) is 28.3 Å². The Hall–Kier alpha value is -2.19. The van der Waals surface area contributed by atoms with Crippen molar-refractivity contribution in [1.29, 1.82) is 0 Å². The number of nitro benzene ring substituents is 1. The highest BCUT2D eigenvalue weighted by Crippen LogP contribution is 2.29. The summed E-state index contributed by atoms with van der Waals surface area (Å²) in [5.74, 6) is 0.871. The molecule has 0 unspecified atom stereocenters. The van der Waals surface area contributed by atoms with Crippen molar-refractivity contribution in [3.63, 3.8) is 0 Å². The van der Waals surface area contributed by atoms with Crippen molar-refractivity contribution < 1.29 is 14.5 Å². The first-order chi connectivity index (χ1) is 12.0. The molecule has 1 heterocycles. The smallest absolute Gasteiger partial charge is 0.273 e. The number of likely N-dealkylation sites (tertiary alicyclic amines) is 1. The maximum atomic E-state index is 12.3. The van der Waals surface area contributed by atoms with Gasteiger partial charge >= 0.3 is 0 Å². The van der Waals surface area contributed by atoms with Crippen molar-refractivity contribution in [3.8, 4) is 5.75 Å². The fourth-order valence-electron chi connectivity index (χ4n) is 3.07. The molecule has 8 heteroatoms. The van der Waals surface area contributed by atoms with E-state index in [2.05, 4.69) is 15.5 Å². The Balaban J connectivity index is 1.85. The molecular weight excluding hydrogens is 324 g/mol. The minimum absolute atomic E-state index is 0.0708. The van der Waals surface area contributed by atoms with Gasteiger partial charge in [0.2, 0.25) is 5.91 Å². The zero-order valence-electron chi connectivity index (χ0n) is 14.8. The molecule has 1 fully saturated rings. The molecule has 1 aliphatic rings. The monoisotopic (exact) mass is 350 g/mol. The van der Waals surface area contributed by atoms with E-state index < -0.39 is 4.92 Å². The summed E-state index contributed by atoms with van der Waals surface area (Å²) in [5.41, 5.74) is 0.375. The minimum atomic E-state index is -0.494. The molecule has 8 nitrogen and oxygen atoms in total. The van der Waals surface area contributed by atoms with Crippen LogP contribution in [0.5, 0.6) is 5.75 Å². The van der Waals surface area contributed by atoms with Crippen LogP contribution < -0.4 is 15.4 Å². The number of ether oxygens (including phenoxy) is 1. The number of carbonyl (C=O) groups is 1. The largest absolute Gasteiger partial charge is 0.494 e. The number of nitro groups is 1. The quantitative estimate of drug-likeness (QED) is 0.549. The topological polar surface area (TPSA) is 96.7 Å². The van der Waals surface area contributed by atoms with E-state index in [4.69, 9.17) is 4.74 Å². The fourth-order valence-corrected chi connectivity index (χ4v) is 3.07. The second-order valence-corrected chi connectivity index (χ2v) is 6.30. The van der Waals surface area contributed by atoms with Gasteiger partial charge in [0.05, 0.1) is 30.3 Å². The number of methoxy groups -OCH3 is 1. The zero-order valence-corrected chi connectivity index (χ0v) is 14.8. The Morgan fingerprint density at radius 3 is 2.72 bits per heavy atom. The van der Waals surface area contributed by atoms with Crippen LogP contribution in [0.1, 0.15) is 19.3 Å². The summed E-state index contributed by atoms with van der Waals surface area (Å²) in [6.07, 6.45) is 3.39. The third-order valence-electron chi connectivity index (χ3n) is 4.55. The molecule has 0 atom stereocenters. The molecule has 0 spiro atoms. The van der Waals surface area contributed by atoms with Crippen LogP contribution in [0.25, 0.3) is 0 Å². The van der Waals surface area contributed by atoms with Gasteiger partial charge in [-0.15, -0.1) is 0 Å². The Bertz CT molecular complexity index is 600. The molecule has 2 N–H and O–H groups in total. The van der Waals surface area contributed by atoms with Crippen molar-refractivity contribution in [1.82, 2.24) is 10.2 Å². The van der Waals surface area contributed by atoms with Gasteiger partial charge in [0.1, 0.15) is 5.75 Å². The maximum Gasteiger partial charge on any atom is 0.273 e. The molecule has 0 saturated carbocycles. The lowest BCUT2D eigenvalue weighted by molar-refractivity contribution is -0.384. The van der Waals surface area contributed by atoms with Crippen LogP contribution in [0.2, 0.25) is 0 Å². The molecule has 1 saturated heterocycles. The van der Waals surface area contributed by atoms with Crippen molar-refractivity contribution >= 4 is 17.3 Å². The van der Waals surface area contributed by atoms with E-state index in [-0.39, 0.29) is 17.3 Å². The van der Waals surface area contributed by atoms with E-state index in [0.717, 1.165) is 38.4 Å². The lowest BCUT2D eigenvalue weighted by Gasteiger charge is -2.31. The Labute approximate surface area is 147 Å².